The predicted octanol–water partition coefficient (Wildman–Crippen LogP) is 0.877. The molecule has 2 fully saturated rings. The lowest BCUT2D eigenvalue weighted by atomic mass is 9.92. The van der Waals surface area contributed by atoms with Crippen LogP contribution in [-0.2, 0) is 4.79 Å². The molecule has 17 heavy (non-hydrogen) atoms. The third-order valence-electron chi connectivity index (χ3n) is 4.32. The van der Waals surface area contributed by atoms with Crippen LogP contribution in [0.5, 0.6) is 0 Å². The summed E-state index contributed by atoms with van der Waals surface area (Å²) in [5.41, 5.74) is 5.98. The number of aliphatic hydroxyl groups is 1. The first-order valence-corrected chi connectivity index (χ1v) is 6.75. The summed E-state index contributed by atoms with van der Waals surface area (Å²) >= 11 is 0. The number of likely N-dealkylation sites (tertiary alicyclic amines) is 1. The fourth-order valence-electron chi connectivity index (χ4n) is 3.03. The summed E-state index contributed by atoms with van der Waals surface area (Å²) in [5.74, 6) is 0.359. The predicted molar refractivity (Wildman–Crippen MR) is 66.4 cm³/mol. The van der Waals surface area contributed by atoms with Gasteiger partial charge in [0.05, 0.1) is 6.10 Å². The second kappa shape index (κ2) is 4.94. The fraction of sp³-hybridized carbons (Fsp3) is 0.923. The van der Waals surface area contributed by atoms with Crippen LogP contribution >= 0.6 is 0 Å². The zero-order valence-corrected chi connectivity index (χ0v) is 10.7. The quantitative estimate of drug-likeness (QED) is 0.753. The van der Waals surface area contributed by atoms with Gasteiger partial charge in [-0.15, -0.1) is 0 Å². The molecule has 1 heterocycles. The monoisotopic (exact) mass is 240 g/mol. The SMILES string of the molecule is CC1CN(C(=O)CC2(N)CCCC2)CCC1O. The van der Waals surface area contributed by atoms with Gasteiger partial charge in [0.2, 0.25) is 5.91 Å². The normalized spacial score (nSPS) is 32.8. The lowest BCUT2D eigenvalue weighted by Gasteiger charge is -2.36. The molecule has 0 aromatic rings. The van der Waals surface area contributed by atoms with Crippen molar-refractivity contribution in [1.29, 1.82) is 0 Å². The first-order chi connectivity index (χ1) is 8.00. The number of rotatable bonds is 2. The molecule has 3 N–H and O–H groups in total. The van der Waals surface area contributed by atoms with Crippen LogP contribution in [0.25, 0.3) is 0 Å². The number of hydrogen-bond donors (Lipinski definition) is 2. The standard InChI is InChI=1S/C13H24N2O2/c1-10-9-15(7-4-11(10)16)12(17)8-13(14)5-2-3-6-13/h10-11,16H,2-9,14H2,1H3. The van der Waals surface area contributed by atoms with Crippen molar-refractivity contribution in [3.8, 4) is 0 Å². The van der Waals surface area contributed by atoms with Crippen LogP contribution in [0.15, 0.2) is 0 Å². The molecule has 2 aliphatic rings. The summed E-state index contributed by atoms with van der Waals surface area (Å²) in [4.78, 5) is 14.1. The van der Waals surface area contributed by atoms with Crippen molar-refractivity contribution >= 4 is 5.91 Å². The molecule has 1 aliphatic carbocycles. The molecule has 0 aromatic carbocycles. The largest absolute Gasteiger partial charge is 0.393 e. The minimum atomic E-state index is -0.254. The summed E-state index contributed by atoms with van der Waals surface area (Å²) in [6.45, 7) is 3.36. The van der Waals surface area contributed by atoms with E-state index in [4.69, 9.17) is 5.73 Å². The molecule has 2 rings (SSSR count). The van der Waals surface area contributed by atoms with Crippen molar-refractivity contribution < 1.29 is 9.90 Å². The Morgan fingerprint density at radius 3 is 2.71 bits per heavy atom. The van der Waals surface area contributed by atoms with Gasteiger partial charge in [0.25, 0.3) is 0 Å². The van der Waals surface area contributed by atoms with E-state index in [1.807, 2.05) is 11.8 Å². The highest BCUT2D eigenvalue weighted by Crippen LogP contribution is 2.31. The highest BCUT2D eigenvalue weighted by Gasteiger charge is 2.35. The zero-order valence-electron chi connectivity index (χ0n) is 10.7. The van der Waals surface area contributed by atoms with Crippen LogP contribution in [0.4, 0.5) is 0 Å². The van der Waals surface area contributed by atoms with Crippen molar-refractivity contribution in [3.05, 3.63) is 0 Å². The molecule has 2 atom stereocenters. The Labute approximate surface area is 103 Å². The molecule has 0 aromatic heterocycles. The van der Waals surface area contributed by atoms with Crippen molar-refractivity contribution in [2.75, 3.05) is 13.1 Å². The number of aliphatic hydroxyl groups excluding tert-OH is 1. The third-order valence-corrected chi connectivity index (χ3v) is 4.32. The summed E-state index contributed by atoms with van der Waals surface area (Å²) < 4.78 is 0. The smallest absolute Gasteiger partial charge is 0.224 e. The van der Waals surface area contributed by atoms with Crippen LogP contribution < -0.4 is 5.73 Å². The summed E-state index contributed by atoms with van der Waals surface area (Å²) in [5, 5.41) is 9.65. The second-order valence-electron chi connectivity index (χ2n) is 5.92. The number of nitrogens with zero attached hydrogens (tertiary/aromatic N) is 1. The topological polar surface area (TPSA) is 66.6 Å². The molecular weight excluding hydrogens is 216 g/mol. The number of hydrogen-bond acceptors (Lipinski definition) is 3. The Morgan fingerprint density at radius 1 is 1.47 bits per heavy atom. The molecule has 1 saturated carbocycles. The minimum Gasteiger partial charge on any atom is -0.393 e. The van der Waals surface area contributed by atoms with Crippen LogP contribution in [0.3, 0.4) is 0 Å². The average molecular weight is 240 g/mol. The van der Waals surface area contributed by atoms with Crippen molar-refractivity contribution in [1.82, 2.24) is 4.90 Å². The Kier molecular flexibility index (Phi) is 3.73. The first-order valence-electron chi connectivity index (χ1n) is 6.75. The van der Waals surface area contributed by atoms with Crippen LogP contribution in [0.2, 0.25) is 0 Å². The van der Waals surface area contributed by atoms with Crippen molar-refractivity contribution in [2.45, 2.75) is 57.1 Å². The summed E-state index contributed by atoms with van der Waals surface area (Å²) in [6, 6.07) is 0. The van der Waals surface area contributed by atoms with E-state index in [-0.39, 0.29) is 23.5 Å². The molecule has 0 bridgehead atoms. The maximum atomic E-state index is 12.2. The molecule has 1 amide bonds. The number of carbonyl (C=O) groups excluding carboxylic acids is 1. The maximum Gasteiger partial charge on any atom is 0.224 e. The van der Waals surface area contributed by atoms with E-state index < -0.39 is 0 Å². The van der Waals surface area contributed by atoms with Gasteiger partial charge in [-0.1, -0.05) is 19.8 Å². The van der Waals surface area contributed by atoms with Gasteiger partial charge >= 0.3 is 0 Å². The Bertz CT molecular complexity index is 287. The highest BCUT2D eigenvalue weighted by molar-refractivity contribution is 5.77. The molecular formula is C13H24N2O2. The molecule has 1 saturated heterocycles. The van der Waals surface area contributed by atoms with Gasteiger partial charge in [-0.2, -0.15) is 0 Å². The van der Waals surface area contributed by atoms with Gasteiger partial charge < -0.3 is 15.7 Å². The Balaban J connectivity index is 1.88. The van der Waals surface area contributed by atoms with E-state index >= 15 is 0 Å². The number of nitrogens with two attached hydrogens (primary N) is 1. The summed E-state index contributed by atoms with van der Waals surface area (Å²) in [7, 11) is 0. The minimum absolute atomic E-state index is 0.174. The van der Waals surface area contributed by atoms with Gasteiger partial charge in [-0.25, -0.2) is 0 Å². The first kappa shape index (κ1) is 12.8. The van der Waals surface area contributed by atoms with E-state index in [1.54, 1.807) is 0 Å². The Hall–Kier alpha value is -0.610. The molecule has 4 nitrogen and oxygen atoms in total. The van der Waals surface area contributed by atoms with Gasteiger partial charge in [-0.3, -0.25) is 4.79 Å². The Morgan fingerprint density at radius 2 is 2.12 bits per heavy atom. The third kappa shape index (κ3) is 2.99. The maximum absolute atomic E-state index is 12.2. The van der Waals surface area contributed by atoms with Crippen molar-refractivity contribution in [2.24, 2.45) is 11.7 Å². The lowest BCUT2D eigenvalue weighted by Crippen LogP contribution is -2.49. The molecule has 1 aliphatic heterocycles. The molecule has 0 spiro atoms. The molecule has 0 radical (unpaired) electrons. The van der Waals surface area contributed by atoms with Crippen LogP contribution in [0.1, 0.15) is 45.4 Å². The summed E-state index contributed by atoms with van der Waals surface area (Å²) in [6.07, 6.45) is 5.19. The van der Waals surface area contributed by atoms with E-state index in [2.05, 4.69) is 0 Å². The van der Waals surface area contributed by atoms with E-state index in [0.717, 1.165) is 25.7 Å². The second-order valence-corrected chi connectivity index (χ2v) is 5.92. The van der Waals surface area contributed by atoms with Crippen LogP contribution in [-0.4, -0.2) is 40.6 Å². The lowest BCUT2D eigenvalue weighted by molar-refractivity contribution is -0.136. The number of amides is 1. The molecule has 98 valence electrons. The van der Waals surface area contributed by atoms with Gasteiger partial charge in [0.15, 0.2) is 0 Å². The number of carbonyl (C=O) groups is 1. The van der Waals surface area contributed by atoms with E-state index in [1.165, 1.54) is 0 Å². The number of piperidine rings is 1. The van der Waals surface area contributed by atoms with Gasteiger partial charge in [0.1, 0.15) is 0 Å². The van der Waals surface area contributed by atoms with E-state index in [9.17, 15) is 9.90 Å². The average Bonchev–Trinajstić information content (AvgIpc) is 2.69. The molecule has 2 unspecified atom stereocenters. The highest BCUT2D eigenvalue weighted by atomic mass is 16.3. The van der Waals surface area contributed by atoms with Gasteiger partial charge in [0, 0.05) is 25.0 Å². The molecule has 4 heteroatoms. The van der Waals surface area contributed by atoms with E-state index in [0.29, 0.717) is 25.9 Å². The van der Waals surface area contributed by atoms with Crippen LogP contribution in [0, 0.1) is 5.92 Å². The zero-order chi connectivity index (χ0) is 12.5. The fourth-order valence-corrected chi connectivity index (χ4v) is 3.03. The van der Waals surface area contributed by atoms with Gasteiger partial charge in [-0.05, 0) is 25.2 Å². The van der Waals surface area contributed by atoms with Crippen molar-refractivity contribution in [3.63, 3.8) is 0 Å².